The van der Waals surface area contributed by atoms with Gasteiger partial charge in [-0.1, -0.05) is 12.1 Å². The molecular weight excluding hydrogens is 252 g/mol. The van der Waals surface area contributed by atoms with Crippen LogP contribution in [0.2, 0.25) is 0 Å². The van der Waals surface area contributed by atoms with Crippen LogP contribution in [-0.4, -0.2) is 25.1 Å². The summed E-state index contributed by atoms with van der Waals surface area (Å²) in [6.45, 7) is 2.59. The van der Waals surface area contributed by atoms with E-state index in [2.05, 4.69) is 5.32 Å². The van der Waals surface area contributed by atoms with Crippen LogP contribution in [0.5, 0.6) is 0 Å². The summed E-state index contributed by atoms with van der Waals surface area (Å²) in [4.78, 5) is 11.0. The van der Waals surface area contributed by atoms with Crippen molar-refractivity contribution >= 4 is 5.91 Å². The summed E-state index contributed by atoms with van der Waals surface area (Å²) in [5, 5.41) is 3.61. The first kappa shape index (κ1) is 13.6. The number of nitrogens with one attached hydrogen (secondary N) is 1. The molecule has 2 aliphatic rings. The van der Waals surface area contributed by atoms with E-state index >= 15 is 0 Å². The fourth-order valence-electron chi connectivity index (χ4n) is 3.31. The molecule has 0 radical (unpaired) electrons. The second kappa shape index (κ2) is 5.94. The Bertz CT molecular complexity index is 472. The third kappa shape index (κ3) is 2.86. The van der Waals surface area contributed by atoms with Gasteiger partial charge in [0.2, 0.25) is 5.91 Å². The molecule has 1 aromatic carbocycles. The Hall–Kier alpha value is -1.39. The van der Waals surface area contributed by atoms with E-state index in [-0.39, 0.29) is 5.91 Å². The zero-order valence-corrected chi connectivity index (χ0v) is 11.7. The highest BCUT2D eigenvalue weighted by atomic mass is 16.5. The normalized spacial score (nSPS) is 27.9. The highest BCUT2D eigenvalue weighted by Gasteiger charge is 2.41. The number of carbonyl (C=O) groups is 1. The van der Waals surface area contributed by atoms with Gasteiger partial charge in [-0.05, 0) is 55.3 Å². The molecule has 1 aliphatic heterocycles. The second-order valence-corrected chi connectivity index (χ2v) is 5.92. The van der Waals surface area contributed by atoms with Gasteiger partial charge in [0.05, 0.1) is 6.61 Å². The predicted molar refractivity (Wildman–Crippen MR) is 77.2 cm³/mol. The van der Waals surface area contributed by atoms with Gasteiger partial charge in [0.25, 0.3) is 0 Å². The van der Waals surface area contributed by atoms with Gasteiger partial charge >= 0.3 is 0 Å². The predicted octanol–water partition coefficient (Wildman–Crippen LogP) is 1.69. The third-order valence-electron chi connectivity index (χ3n) is 4.72. The Morgan fingerprint density at radius 2 is 2.10 bits per heavy atom. The summed E-state index contributed by atoms with van der Waals surface area (Å²) in [6.07, 6.45) is 3.89. The van der Waals surface area contributed by atoms with Crippen molar-refractivity contribution in [3.8, 4) is 0 Å². The van der Waals surface area contributed by atoms with Gasteiger partial charge < -0.3 is 15.8 Å². The molecule has 0 bridgehead atoms. The number of amides is 1. The van der Waals surface area contributed by atoms with Crippen molar-refractivity contribution in [3.63, 3.8) is 0 Å². The van der Waals surface area contributed by atoms with Crippen LogP contribution >= 0.6 is 0 Å². The van der Waals surface area contributed by atoms with Crippen molar-refractivity contribution in [1.29, 1.82) is 0 Å². The molecule has 1 aromatic rings. The van der Waals surface area contributed by atoms with Gasteiger partial charge in [0, 0.05) is 18.2 Å². The third-order valence-corrected chi connectivity index (χ3v) is 4.72. The molecule has 2 fully saturated rings. The first-order valence-corrected chi connectivity index (χ1v) is 7.44. The molecule has 4 nitrogen and oxygen atoms in total. The zero-order chi connectivity index (χ0) is 13.9. The lowest BCUT2D eigenvalue weighted by atomic mass is 9.72. The molecule has 1 saturated heterocycles. The molecule has 3 N–H and O–H groups in total. The molecule has 0 aromatic heterocycles. The topological polar surface area (TPSA) is 64.4 Å². The number of nitrogens with two attached hydrogens (primary N) is 1. The molecule has 1 aliphatic carbocycles. The van der Waals surface area contributed by atoms with E-state index in [0.717, 1.165) is 30.4 Å². The van der Waals surface area contributed by atoms with Crippen molar-refractivity contribution in [2.45, 2.75) is 31.9 Å². The second-order valence-electron chi connectivity index (χ2n) is 5.92. The van der Waals surface area contributed by atoms with E-state index in [1.165, 1.54) is 19.4 Å². The van der Waals surface area contributed by atoms with Gasteiger partial charge in [-0.15, -0.1) is 0 Å². The smallest absolute Gasteiger partial charge is 0.248 e. The molecule has 3 atom stereocenters. The summed E-state index contributed by atoms with van der Waals surface area (Å²) in [6, 6.07) is 7.95. The van der Waals surface area contributed by atoms with Gasteiger partial charge in [-0.2, -0.15) is 0 Å². The van der Waals surface area contributed by atoms with Crippen LogP contribution in [0.4, 0.5) is 0 Å². The monoisotopic (exact) mass is 274 g/mol. The minimum absolute atomic E-state index is 0.389. The Labute approximate surface area is 119 Å². The highest BCUT2D eigenvalue weighted by Crippen LogP contribution is 2.41. The summed E-state index contributed by atoms with van der Waals surface area (Å²) >= 11 is 0. The number of rotatable bonds is 6. The van der Waals surface area contributed by atoms with Gasteiger partial charge in [0.1, 0.15) is 0 Å². The van der Waals surface area contributed by atoms with E-state index in [9.17, 15) is 4.79 Å². The minimum atomic E-state index is -0.389. The number of carbonyl (C=O) groups excluding carboxylic acids is 1. The maximum absolute atomic E-state index is 11.0. The van der Waals surface area contributed by atoms with E-state index in [1.807, 2.05) is 12.1 Å². The molecule has 1 saturated carbocycles. The lowest BCUT2D eigenvalue weighted by Crippen LogP contribution is -2.32. The first-order chi connectivity index (χ1) is 9.74. The van der Waals surface area contributed by atoms with Crippen molar-refractivity contribution in [3.05, 3.63) is 35.4 Å². The maximum Gasteiger partial charge on any atom is 0.248 e. The molecule has 1 heterocycles. The van der Waals surface area contributed by atoms with Gasteiger partial charge in [-0.25, -0.2) is 0 Å². The summed E-state index contributed by atoms with van der Waals surface area (Å²) in [5.41, 5.74) is 6.83. The van der Waals surface area contributed by atoms with Crippen LogP contribution in [-0.2, 0) is 11.3 Å². The number of benzene rings is 1. The Kier molecular flexibility index (Phi) is 4.03. The molecule has 4 heteroatoms. The van der Waals surface area contributed by atoms with Crippen molar-refractivity contribution in [1.82, 2.24) is 5.32 Å². The molecule has 1 amide bonds. The summed E-state index contributed by atoms with van der Waals surface area (Å²) < 4.78 is 5.73. The number of fused-ring (bicyclic) bond motifs is 1. The molecule has 20 heavy (non-hydrogen) atoms. The van der Waals surface area contributed by atoms with Crippen LogP contribution < -0.4 is 11.1 Å². The largest absolute Gasteiger partial charge is 0.377 e. The van der Waals surface area contributed by atoms with Gasteiger partial charge in [-0.3, -0.25) is 4.79 Å². The van der Waals surface area contributed by atoms with Crippen LogP contribution in [0, 0.1) is 11.8 Å². The van der Waals surface area contributed by atoms with Gasteiger partial charge in [0.15, 0.2) is 0 Å². The van der Waals surface area contributed by atoms with E-state index < -0.39 is 0 Å². The summed E-state index contributed by atoms with van der Waals surface area (Å²) in [7, 11) is 0. The lowest BCUT2D eigenvalue weighted by molar-refractivity contribution is 0.0989. The van der Waals surface area contributed by atoms with Crippen LogP contribution in [0.1, 0.15) is 35.2 Å². The first-order valence-electron chi connectivity index (χ1n) is 7.44. The maximum atomic E-state index is 11.0. The Morgan fingerprint density at radius 1 is 1.30 bits per heavy atom. The fourth-order valence-corrected chi connectivity index (χ4v) is 3.31. The van der Waals surface area contributed by atoms with E-state index in [4.69, 9.17) is 10.5 Å². The van der Waals surface area contributed by atoms with Crippen molar-refractivity contribution in [2.24, 2.45) is 17.6 Å². The quantitative estimate of drug-likeness (QED) is 0.776. The molecule has 3 unspecified atom stereocenters. The Balaban J connectivity index is 1.38. The molecule has 0 spiro atoms. The van der Waals surface area contributed by atoms with Crippen LogP contribution in [0.15, 0.2) is 24.3 Å². The van der Waals surface area contributed by atoms with E-state index in [0.29, 0.717) is 18.2 Å². The summed E-state index contributed by atoms with van der Waals surface area (Å²) in [5.74, 6) is 1.44. The standard InChI is InChI=1S/C16H22N2O2/c17-16(19)12-3-1-11(2-4-12)10-20-8-7-15-14-6-5-13(14)9-18-15/h1-4,13-15,18H,5-10H2,(H2,17,19). The highest BCUT2D eigenvalue weighted by molar-refractivity contribution is 5.92. The van der Waals surface area contributed by atoms with Crippen LogP contribution in [0.3, 0.4) is 0 Å². The van der Waals surface area contributed by atoms with Crippen molar-refractivity contribution < 1.29 is 9.53 Å². The SMILES string of the molecule is NC(=O)c1ccc(COCCC2NCC3CCC32)cc1. The number of primary amides is 1. The molecule has 108 valence electrons. The number of hydrogen-bond donors (Lipinski definition) is 2. The fraction of sp³-hybridized carbons (Fsp3) is 0.562. The average Bonchev–Trinajstić information content (AvgIpc) is 2.69. The molecular formula is C16H22N2O2. The van der Waals surface area contributed by atoms with Crippen molar-refractivity contribution in [2.75, 3.05) is 13.2 Å². The lowest BCUT2D eigenvalue weighted by Gasteiger charge is -2.32. The van der Waals surface area contributed by atoms with E-state index in [1.54, 1.807) is 12.1 Å². The molecule has 3 rings (SSSR count). The number of ether oxygens (including phenoxy) is 1. The Morgan fingerprint density at radius 3 is 2.70 bits per heavy atom. The van der Waals surface area contributed by atoms with Crippen LogP contribution in [0.25, 0.3) is 0 Å². The average molecular weight is 274 g/mol. The zero-order valence-electron chi connectivity index (χ0n) is 11.7. The number of hydrogen-bond acceptors (Lipinski definition) is 3. The minimum Gasteiger partial charge on any atom is -0.377 e.